The molecule has 0 aromatic heterocycles. The summed E-state index contributed by atoms with van der Waals surface area (Å²) in [5.74, 6) is -2.66. The van der Waals surface area contributed by atoms with Gasteiger partial charge in [-0.25, -0.2) is 8.78 Å². The molecule has 0 saturated carbocycles. The predicted molar refractivity (Wildman–Crippen MR) is 117 cm³/mol. The smallest absolute Gasteiger partial charge is 0.201 e. The number of ether oxygens (including phenoxy) is 3. The Morgan fingerprint density at radius 3 is 2.12 bits per heavy atom. The van der Waals surface area contributed by atoms with Gasteiger partial charge in [0.05, 0.1) is 20.3 Å². The molecule has 1 saturated heterocycles. The summed E-state index contributed by atoms with van der Waals surface area (Å²) in [6.07, 6.45) is 3.28. The first kappa shape index (κ1) is 22.1. The topological polar surface area (TPSA) is 27.7 Å². The van der Waals surface area contributed by atoms with E-state index in [2.05, 4.69) is 0 Å². The highest BCUT2D eigenvalue weighted by Crippen LogP contribution is 2.32. The Morgan fingerprint density at radius 2 is 1.50 bits per heavy atom. The van der Waals surface area contributed by atoms with E-state index in [0.29, 0.717) is 29.9 Å². The minimum Gasteiger partial charge on any atom is -0.494 e. The molecular formula is C26H23F3O3. The van der Waals surface area contributed by atoms with Gasteiger partial charge in [0.25, 0.3) is 0 Å². The SMILES string of the molecule is CC=CC1OCC(c2ccc(-c3ccc(-c4ccc(OC)c(F)c4F)cc3)cc2F)CO1. The van der Waals surface area contributed by atoms with Crippen molar-refractivity contribution in [3.8, 4) is 28.0 Å². The molecule has 3 aromatic carbocycles. The van der Waals surface area contributed by atoms with Gasteiger partial charge in [0.15, 0.2) is 17.9 Å². The Bertz CT molecular complexity index is 1120. The van der Waals surface area contributed by atoms with Crippen LogP contribution in [0.25, 0.3) is 22.3 Å². The lowest BCUT2D eigenvalue weighted by molar-refractivity contribution is -0.159. The van der Waals surface area contributed by atoms with Crippen LogP contribution in [0.3, 0.4) is 0 Å². The molecule has 1 aliphatic rings. The summed E-state index contributed by atoms with van der Waals surface area (Å²) >= 11 is 0. The van der Waals surface area contributed by atoms with E-state index in [1.54, 1.807) is 30.3 Å². The van der Waals surface area contributed by atoms with E-state index in [1.807, 2.05) is 25.1 Å². The standard InChI is InChI=1S/C26H23F3O3/c1-3-4-24-31-14-19(15-32-24)20-10-9-18(13-22(20)27)16-5-7-17(8-6-16)21-11-12-23(30-2)26(29)25(21)28/h3-13,19,24H,14-15H2,1-2H3. The van der Waals surface area contributed by atoms with Crippen LogP contribution in [0.2, 0.25) is 0 Å². The van der Waals surface area contributed by atoms with Gasteiger partial charge in [-0.15, -0.1) is 0 Å². The van der Waals surface area contributed by atoms with Crippen LogP contribution in [0.4, 0.5) is 13.2 Å². The van der Waals surface area contributed by atoms with Gasteiger partial charge in [-0.1, -0.05) is 42.5 Å². The van der Waals surface area contributed by atoms with Gasteiger partial charge in [-0.05, 0) is 53.5 Å². The molecule has 0 N–H and O–H groups in total. The molecule has 0 atom stereocenters. The average molecular weight is 440 g/mol. The van der Waals surface area contributed by atoms with Crippen molar-refractivity contribution < 1.29 is 27.4 Å². The zero-order valence-electron chi connectivity index (χ0n) is 17.8. The molecule has 0 radical (unpaired) electrons. The molecule has 0 amide bonds. The lowest BCUT2D eigenvalue weighted by Gasteiger charge is -2.28. The van der Waals surface area contributed by atoms with E-state index < -0.39 is 11.6 Å². The van der Waals surface area contributed by atoms with Crippen molar-refractivity contribution in [3.63, 3.8) is 0 Å². The quantitative estimate of drug-likeness (QED) is 0.425. The van der Waals surface area contributed by atoms with Crippen molar-refractivity contribution in [2.45, 2.75) is 19.1 Å². The Hall–Kier alpha value is -3.09. The minimum atomic E-state index is -1.03. The van der Waals surface area contributed by atoms with Crippen molar-refractivity contribution in [1.82, 2.24) is 0 Å². The molecule has 0 aliphatic carbocycles. The second-order valence-corrected chi connectivity index (χ2v) is 7.51. The molecular weight excluding hydrogens is 417 g/mol. The van der Waals surface area contributed by atoms with Gasteiger partial charge in [-0.3, -0.25) is 0 Å². The monoisotopic (exact) mass is 440 g/mol. The van der Waals surface area contributed by atoms with Crippen LogP contribution in [0.5, 0.6) is 5.75 Å². The molecule has 166 valence electrons. The lowest BCUT2D eigenvalue weighted by atomic mass is 9.95. The van der Waals surface area contributed by atoms with E-state index in [-0.39, 0.29) is 29.3 Å². The molecule has 1 fully saturated rings. The van der Waals surface area contributed by atoms with Crippen molar-refractivity contribution in [2.75, 3.05) is 20.3 Å². The number of halogens is 3. The molecule has 4 rings (SSSR count). The maximum Gasteiger partial charge on any atom is 0.201 e. The Morgan fingerprint density at radius 1 is 0.844 bits per heavy atom. The highest BCUT2D eigenvalue weighted by molar-refractivity contribution is 5.71. The Labute approximate surface area is 185 Å². The normalized spacial score (nSPS) is 18.8. The summed E-state index contributed by atoms with van der Waals surface area (Å²) in [5, 5.41) is 0. The summed E-state index contributed by atoms with van der Waals surface area (Å²) in [4.78, 5) is 0. The van der Waals surface area contributed by atoms with Crippen LogP contribution in [-0.4, -0.2) is 26.6 Å². The van der Waals surface area contributed by atoms with Crippen molar-refractivity contribution in [2.24, 2.45) is 0 Å². The van der Waals surface area contributed by atoms with Gasteiger partial charge in [0, 0.05) is 11.5 Å². The van der Waals surface area contributed by atoms with E-state index in [1.165, 1.54) is 25.3 Å². The molecule has 0 bridgehead atoms. The molecule has 1 aliphatic heterocycles. The predicted octanol–water partition coefficient (Wildman–Crippen LogP) is 6.48. The number of hydrogen-bond donors (Lipinski definition) is 0. The molecule has 6 heteroatoms. The number of methoxy groups -OCH3 is 1. The van der Waals surface area contributed by atoms with E-state index >= 15 is 0 Å². The van der Waals surface area contributed by atoms with Crippen LogP contribution >= 0.6 is 0 Å². The van der Waals surface area contributed by atoms with Gasteiger partial charge in [0.2, 0.25) is 5.82 Å². The van der Waals surface area contributed by atoms with Crippen LogP contribution < -0.4 is 4.74 Å². The van der Waals surface area contributed by atoms with Crippen LogP contribution in [-0.2, 0) is 9.47 Å². The summed E-state index contributed by atoms with van der Waals surface area (Å²) in [6.45, 7) is 2.64. The fraction of sp³-hybridized carbons (Fsp3) is 0.231. The first-order valence-corrected chi connectivity index (χ1v) is 10.3. The third kappa shape index (κ3) is 4.42. The average Bonchev–Trinajstić information content (AvgIpc) is 2.82. The van der Waals surface area contributed by atoms with E-state index in [0.717, 1.165) is 5.56 Å². The molecule has 0 spiro atoms. The summed E-state index contributed by atoms with van der Waals surface area (Å²) in [7, 11) is 1.28. The second-order valence-electron chi connectivity index (χ2n) is 7.51. The van der Waals surface area contributed by atoms with Crippen LogP contribution in [0.15, 0.2) is 66.7 Å². The summed E-state index contributed by atoms with van der Waals surface area (Å²) in [5.41, 5.74) is 2.63. The van der Waals surface area contributed by atoms with Crippen molar-refractivity contribution >= 4 is 0 Å². The van der Waals surface area contributed by atoms with Crippen LogP contribution in [0, 0.1) is 17.5 Å². The Balaban J connectivity index is 1.53. The first-order valence-electron chi connectivity index (χ1n) is 10.3. The Kier molecular flexibility index (Phi) is 6.63. The zero-order chi connectivity index (χ0) is 22.7. The second kappa shape index (κ2) is 9.59. The highest BCUT2D eigenvalue weighted by Gasteiger charge is 2.24. The highest BCUT2D eigenvalue weighted by atomic mass is 19.2. The van der Waals surface area contributed by atoms with E-state index in [4.69, 9.17) is 14.2 Å². The van der Waals surface area contributed by atoms with E-state index in [9.17, 15) is 13.2 Å². The number of rotatable bonds is 5. The third-order valence-corrected chi connectivity index (χ3v) is 5.51. The summed E-state index contributed by atoms with van der Waals surface area (Å²) < 4.78 is 59.3. The molecule has 3 nitrogen and oxygen atoms in total. The molecule has 1 heterocycles. The van der Waals surface area contributed by atoms with Gasteiger partial charge in [0.1, 0.15) is 5.82 Å². The fourth-order valence-corrected chi connectivity index (χ4v) is 3.76. The van der Waals surface area contributed by atoms with Crippen molar-refractivity contribution in [3.05, 3.63) is 89.8 Å². The van der Waals surface area contributed by atoms with Gasteiger partial charge in [-0.2, -0.15) is 4.39 Å². The van der Waals surface area contributed by atoms with Gasteiger partial charge < -0.3 is 14.2 Å². The molecule has 32 heavy (non-hydrogen) atoms. The first-order chi connectivity index (χ1) is 15.5. The minimum absolute atomic E-state index is 0.130. The molecule has 0 unspecified atom stereocenters. The maximum atomic E-state index is 14.9. The largest absolute Gasteiger partial charge is 0.494 e. The van der Waals surface area contributed by atoms with Crippen molar-refractivity contribution in [1.29, 1.82) is 0 Å². The van der Waals surface area contributed by atoms with Crippen LogP contribution in [0.1, 0.15) is 18.4 Å². The number of allylic oxidation sites excluding steroid dienone is 1. The molecule has 3 aromatic rings. The van der Waals surface area contributed by atoms with Gasteiger partial charge >= 0.3 is 0 Å². The fourth-order valence-electron chi connectivity index (χ4n) is 3.76. The maximum absolute atomic E-state index is 14.9. The lowest BCUT2D eigenvalue weighted by Crippen LogP contribution is -2.29. The zero-order valence-corrected chi connectivity index (χ0v) is 17.8. The third-order valence-electron chi connectivity index (χ3n) is 5.51. The summed E-state index contributed by atoms with van der Waals surface area (Å²) in [6, 6.07) is 14.7. The number of benzene rings is 3. The number of hydrogen-bond acceptors (Lipinski definition) is 3.